The Bertz CT molecular complexity index is 435. The van der Waals surface area contributed by atoms with Crippen LogP contribution in [0.5, 0.6) is 0 Å². The zero-order valence-corrected chi connectivity index (χ0v) is 10.1. The second kappa shape index (κ2) is 4.34. The van der Waals surface area contributed by atoms with Gasteiger partial charge in [0.15, 0.2) is 0 Å². The zero-order valence-electron chi connectivity index (χ0n) is 8.51. The predicted molar refractivity (Wildman–Crippen MR) is 58.0 cm³/mol. The lowest BCUT2D eigenvalue weighted by atomic mass is 10.3. The summed E-state index contributed by atoms with van der Waals surface area (Å²) in [6.07, 6.45) is 0. The molecule has 2 rings (SSSR count). The van der Waals surface area contributed by atoms with Crippen molar-refractivity contribution >= 4 is 34.8 Å². The fraction of sp³-hybridized carbons (Fsp3) is 0.500. The number of nitrogens with zero attached hydrogens (tertiary/aromatic N) is 4. The molecule has 16 heavy (non-hydrogen) atoms. The van der Waals surface area contributed by atoms with E-state index in [0.717, 1.165) is 0 Å². The van der Waals surface area contributed by atoms with Gasteiger partial charge in [-0.25, -0.2) is 0 Å². The molecule has 6 nitrogen and oxygen atoms in total. The molecule has 8 heteroatoms. The Morgan fingerprint density at radius 3 is 2.69 bits per heavy atom. The predicted octanol–water partition coefficient (Wildman–Crippen LogP) is -0.00790. The molecule has 0 aromatic carbocycles. The van der Waals surface area contributed by atoms with E-state index in [1.54, 1.807) is 7.05 Å². The maximum atomic E-state index is 11.6. The van der Waals surface area contributed by atoms with Gasteiger partial charge in [-0.15, -0.1) is 10.2 Å². The number of likely N-dealkylation sites (N-methyl/N-ethyl adjacent to an activating group) is 1. The molecule has 0 N–H and O–H groups in total. The molecule has 1 aliphatic rings. The zero-order chi connectivity index (χ0) is 11.7. The number of aromatic nitrogens is 2. The smallest absolute Gasteiger partial charge is 0.243 e. The summed E-state index contributed by atoms with van der Waals surface area (Å²) >= 11 is 6.84. The lowest BCUT2D eigenvalue weighted by Crippen LogP contribution is -2.51. The van der Waals surface area contributed by atoms with Gasteiger partial charge in [-0.1, -0.05) is 11.3 Å². The van der Waals surface area contributed by atoms with Gasteiger partial charge in [-0.2, -0.15) is 0 Å². The number of amides is 2. The summed E-state index contributed by atoms with van der Waals surface area (Å²) in [6, 6.07) is 0. The summed E-state index contributed by atoms with van der Waals surface area (Å²) in [7, 11) is 1.61. The van der Waals surface area contributed by atoms with Gasteiger partial charge in [0.1, 0.15) is 11.6 Å². The highest BCUT2D eigenvalue weighted by atomic mass is 35.5. The molecule has 0 saturated carbocycles. The monoisotopic (exact) mass is 260 g/mol. The number of carbonyl (C=O) groups is 2. The van der Waals surface area contributed by atoms with Crippen LogP contribution >= 0.6 is 22.9 Å². The highest BCUT2D eigenvalue weighted by Crippen LogP contribution is 2.17. The second-order valence-corrected chi connectivity index (χ2v) is 5.09. The molecule has 2 heterocycles. The molecule has 1 aromatic rings. The molecule has 86 valence electrons. The molecular formula is C8H9ClN4O2S. The Kier molecular flexibility index (Phi) is 3.06. The molecule has 0 unspecified atom stereocenters. The van der Waals surface area contributed by atoms with E-state index in [9.17, 15) is 9.59 Å². The first-order valence-electron chi connectivity index (χ1n) is 4.56. The minimum Gasteiger partial charge on any atom is -0.335 e. The van der Waals surface area contributed by atoms with Gasteiger partial charge in [0, 0.05) is 7.05 Å². The van der Waals surface area contributed by atoms with Crippen LogP contribution in [-0.4, -0.2) is 51.9 Å². The fourth-order valence-electron chi connectivity index (χ4n) is 1.37. The molecule has 1 aromatic heterocycles. The maximum absolute atomic E-state index is 11.6. The Labute approximate surface area is 101 Å². The van der Waals surface area contributed by atoms with Gasteiger partial charge >= 0.3 is 0 Å². The molecule has 2 amide bonds. The topological polar surface area (TPSA) is 66.4 Å². The van der Waals surface area contributed by atoms with E-state index in [4.69, 9.17) is 11.6 Å². The van der Waals surface area contributed by atoms with Gasteiger partial charge in [0.2, 0.25) is 16.3 Å². The van der Waals surface area contributed by atoms with E-state index in [0.29, 0.717) is 16.0 Å². The van der Waals surface area contributed by atoms with Crippen LogP contribution < -0.4 is 0 Å². The van der Waals surface area contributed by atoms with Crippen LogP contribution in [0.3, 0.4) is 0 Å². The number of carbonyl (C=O) groups excluding carboxylic acids is 2. The van der Waals surface area contributed by atoms with Crippen molar-refractivity contribution in [2.24, 2.45) is 0 Å². The van der Waals surface area contributed by atoms with E-state index in [2.05, 4.69) is 10.2 Å². The van der Waals surface area contributed by atoms with E-state index >= 15 is 0 Å². The molecule has 1 aliphatic heterocycles. The molecular weight excluding hydrogens is 252 g/mol. The van der Waals surface area contributed by atoms with Crippen molar-refractivity contribution in [2.45, 2.75) is 6.54 Å². The Balaban J connectivity index is 2.05. The Morgan fingerprint density at radius 2 is 2.06 bits per heavy atom. The third-order valence-corrected chi connectivity index (χ3v) is 3.25. The largest absolute Gasteiger partial charge is 0.335 e. The maximum Gasteiger partial charge on any atom is 0.243 e. The van der Waals surface area contributed by atoms with Crippen LogP contribution in [0.2, 0.25) is 4.47 Å². The van der Waals surface area contributed by atoms with E-state index in [-0.39, 0.29) is 24.9 Å². The van der Waals surface area contributed by atoms with Crippen molar-refractivity contribution < 1.29 is 9.59 Å². The highest BCUT2D eigenvalue weighted by molar-refractivity contribution is 7.15. The van der Waals surface area contributed by atoms with Crippen molar-refractivity contribution in [2.75, 3.05) is 20.1 Å². The molecule has 0 atom stereocenters. The third-order valence-electron chi connectivity index (χ3n) is 2.25. The van der Waals surface area contributed by atoms with E-state index < -0.39 is 0 Å². The van der Waals surface area contributed by atoms with Crippen molar-refractivity contribution in [1.82, 2.24) is 20.0 Å². The molecule has 0 aliphatic carbocycles. The van der Waals surface area contributed by atoms with Crippen LogP contribution in [0.4, 0.5) is 0 Å². The molecule has 0 spiro atoms. The molecule has 0 radical (unpaired) electrons. The molecule has 1 fully saturated rings. The van der Waals surface area contributed by atoms with Gasteiger partial charge in [0.25, 0.3) is 0 Å². The molecule has 0 bridgehead atoms. The summed E-state index contributed by atoms with van der Waals surface area (Å²) < 4.78 is 0.336. The van der Waals surface area contributed by atoms with Gasteiger partial charge in [0.05, 0.1) is 13.1 Å². The second-order valence-electron chi connectivity index (χ2n) is 3.45. The number of hydrogen-bond acceptors (Lipinski definition) is 5. The first-order chi connectivity index (χ1) is 7.56. The normalized spacial score (nSPS) is 17.1. The summed E-state index contributed by atoms with van der Waals surface area (Å²) in [5.41, 5.74) is 0. The number of rotatable bonds is 2. The SMILES string of the molecule is CN1CC(=O)N(Cc2nnc(Cl)s2)CC1=O. The fourth-order valence-corrected chi connectivity index (χ4v) is 2.25. The first-order valence-corrected chi connectivity index (χ1v) is 5.75. The summed E-state index contributed by atoms with van der Waals surface area (Å²) in [5, 5.41) is 8.08. The van der Waals surface area contributed by atoms with Crippen molar-refractivity contribution in [3.8, 4) is 0 Å². The van der Waals surface area contributed by atoms with Crippen LogP contribution in [0.25, 0.3) is 0 Å². The van der Waals surface area contributed by atoms with Crippen LogP contribution in [-0.2, 0) is 16.1 Å². The highest BCUT2D eigenvalue weighted by Gasteiger charge is 2.28. The average Bonchev–Trinajstić information content (AvgIpc) is 2.60. The summed E-state index contributed by atoms with van der Waals surface area (Å²) in [4.78, 5) is 25.9. The van der Waals surface area contributed by atoms with Crippen LogP contribution in [0.1, 0.15) is 5.01 Å². The minimum atomic E-state index is -0.0894. The van der Waals surface area contributed by atoms with E-state index in [1.165, 1.54) is 21.1 Å². The van der Waals surface area contributed by atoms with Crippen LogP contribution in [0.15, 0.2) is 0 Å². The standard InChI is InChI=1S/C8H9ClN4O2S/c1-12-3-7(15)13(4-6(12)14)2-5-10-11-8(9)16-5/h2-4H2,1H3. The van der Waals surface area contributed by atoms with Crippen LogP contribution in [0, 0.1) is 0 Å². The summed E-state index contributed by atoms with van der Waals surface area (Å²) in [6.45, 7) is 0.501. The number of hydrogen-bond donors (Lipinski definition) is 0. The van der Waals surface area contributed by atoms with Gasteiger partial charge in [-0.05, 0) is 11.6 Å². The first kappa shape index (κ1) is 11.3. The van der Waals surface area contributed by atoms with Gasteiger partial charge < -0.3 is 9.80 Å². The quantitative estimate of drug-likeness (QED) is 0.750. The Hall–Kier alpha value is -1.21. The number of halogens is 1. The van der Waals surface area contributed by atoms with Crippen molar-refractivity contribution in [1.29, 1.82) is 0 Å². The average molecular weight is 261 g/mol. The third kappa shape index (κ3) is 2.30. The lowest BCUT2D eigenvalue weighted by molar-refractivity contribution is -0.149. The molecule has 1 saturated heterocycles. The van der Waals surface area contributed by atoms with Crippen molar-refractivity contribution in [3.63, 3.8) is 0 Å². The van der Waals surface area contributed by atoms with Crippen molar-refractivity contribution in [3.05, 3.63) is 9.47 Å². The number of piperazine rings is 1. The minimum absolute atomic E-state index is 0.0739. The lowest BCUT2D eigenvalue weighted by Gasteiger charge is -2.30. The van der Waals surface area contributed by atoms with E-state index in [1.807, 2.05) is 0 Å². The van der Waals surface area contributed by atoms with Gasteiger partial charge in [-0.3, -0.25) is 9.59 Å². The Morgan fingerprint density at radius 1 is 1.31 bits per heavy atom. The summed E-state index contributed by atoms with van der Waals surface area (Å²) in [5.74, 6) is -0.163.